The lowest BCUT2D eigenvalue weighted by atomic mass is 10.1. The number of aromatic nitrogens is 1. The highest BCUT2D eigenvalue weighted by atomic mass is 16.2. The van der Waals surface area contributed by atoms with E-state index in [1.165, 1.54) is 4.90 Å². The molecule has 3 aliphatic heterocycles. The number of azo groups is 1. The molecule has 0 unspecified atom stereocenters. The van der Waals surface area contributed by atoms with Crippen LogP contribution in [0.1, 0.15) is 26.3 Å². The monoisotopic (exact) mass is 331 g/mol. The number of carbonyl (C=O) groups excluding carboxylic acids is 2. The van der Waals surface area contributed by atoms with E-state index in [0.717, 1.165) is 16.0 Å². The number of hydrogen-bond acceptors (Lipinski definition) is 6. The lowest BCUT2D eigenvalue weighted by Crippen LogP contribution is -2.35. The average molecular weight is 331 g/mol. The van der Waals surface area contributed by atoms with Crippen LogP contribution in [-0.4, -0.2) is 39.7 Å². The number of rotatable bonds is 3. The summed E-state index contributed by atoms with van der Waals surface area (Å²) in [6.45, 7) is 1.63. The summed E-state index contributed by atoms with van der Waals surface area (Å²) in [6, 6.07) is 6.95. The third-order valence-corrected chi connectivity index (χ3v) is 4.73. The lowest BCUT2D eigenvalue weighted by molar-refractivity contribution is 0.0646. The molecule has 0 radical (unpaired) electrons. The first-order chi connectivity index (χ1) is 12.2. The van der Waals surface area contributed by atoms with Crippen LogP contribution in [0.4, 0.5) is 5.82 Å². The van der Waals surface area contributed by atoms with Gasteiger partial charge in [0.15, 0.2) is 5.82 Å². The second kappa shape index (κ2) is 5.07. The SMILES string of the molecule is O=C1c2ccccc2C(=O)N1CCN1C=c2c(cnc3c2=CN=N3)C1. The van der Waals surface area contributed by atoms with Crippen molar-refractivity contribution in [2.24, 2.45) is 10.2 Å². The van der Waals surface area contributed by atoms with Gasteiger partial charge in [-0.2, -0.15) is 5.11 Å². The van der Waals surface area contributed by atoms with E-state index in [1.807, 2.05) is 12.4 Å². The molecule has 0 saturated carbocycles. The maximum atomic E-state index is 12.4. The van der Waals surface area contributed by atoms with Gasteiger partial charge in [-0.05, 0) is 17.7 Å². The van der Waals surface area contributed by atoms with Crippen LogP contribution < -0.4 is 10.4 Å². The van der Waals surface area contributed by atoms with Crippen LogP contribution in [0.25, 0.3) is 12.4 Å². The van der Waals surface area contributed by atoms with Gasteiger partial charge in [-0.1, -0.05) is 12.1 Å². The van der Waals surface area contributed by atoms with E-state index >= 15 is 0 Å². The Bertz CT molecular complexity index is 1050. The molecule has 1 aromatic heterocycles. The Kier molecular flexibility index (Phi) is 2.85. The van der Waals surface area contributed by atoms with E-state index < -0.39 is 0 Å². The third-order valence-electron chi connectivity index (χ3n) is 4.73. The Labute approximate surface area is 142 Å². The molecule has 0 atom stereocenters. The molecule has 0 N–H and O–H groups in total. The van der Waals surface area contributed by atoms with Gasteiger partial charge in [-0.15, -0.1) is 5.11 Å². The Balaban J connectivity index is 1.36. The van der Waals surface area contributed by atoms with Gasteiger partial charge in [0.05, 0.1) is 22.5 Å². The molecule has 0 bridgehead atoms. The second-order valence-corrected chi connectivity index (χ2v) is 6.19. The molecule has 0 spiro atoms. The van der Waals surface area contributed by atoms with Gasteiger partial charge in [0, 0.05) is 37.2 Å². The fourth-order valence-electron chi connectivity index (χ4n) is 3.46. The van der Waals surface area contributed by atoms with E-state index in [1.54, 1.807) is 30.5 Å². The Morgan fingerprint density at radius 1 is 1.00 bits per heavy atom. The summed E-state index contributed by atoms with van der Waals surface area (Å²) in [5.41, 5.74) is 2.08. The average Bonchev–Trinajstić information content (AvgIpc) is 3.31. The minimum Gasteiger partial charge on any atom is -0.371 e. The molecule has 2 aromatic rings. The van der Waals surface area contributed by atoms with Gasteiger partial charge in [0.25, 0.3) is 11.8 Å². The van der Waals surface area contributed by atoms with Crippen LogP contribution in [0, 0.1) is 0 Å². The van der Waals surface area contributed by atoms with Crippen molar-refractivity contribution in [2.45, 2.75) is 6.54 Å². The van der Waals surface area contributed by atoms with Gasteiger partial charge >= 0.3 is 0 Å². The number of fused-ring (bicyclic) bond motifs is 4. The second-order valence-electron chi connectivity index (χ2n) is 6.19. The number of amides is 2. The summed E-state index contributed by atoms with van der Waals surface area (Å²) in [5, 5.41) is 9.88. The van der Waals surface area contributed by atoms with Crippen LogP contribution >= 0.6 is 0 Å². The number of hydrogen-bond donors (Lipinski definition) is 0. The van der Waals surface area contributed by atoms with Gasteiger partial charge in [-0.25, -0.2) is 4.98 Å². The smallest absolute Gasteiger partial charge is 0.261 e. The molecule has 1 aromatic carbocycles. The van der Waals surface area contributed by atoms with Crippen molar-refractivity contribution < 1.29 is 9.59 Å². The predicted molar refractivity (Wildman–Crippen MR) is 89.2 cm³/mol. The maximum Gasteiger partial charge on any atom is 0.261 e. The van der Waals surface area contributed by atoms with Crippen molar-refractivity contribution in [3.05, 3.63) is 57.6 Å². The van der Waals surface area contributed by atoms with E-state index in [-0.39, 0.29) is 11.8 Å². The molecule has 25 heavy (non-hydrogen) atoms. The van der Waals surface area contributed by atoms with E-state index in [9.17, 15) is 9.59 Å². The number of pyridine rings is 1. The molecule has 122 valence electrons. The van der Waals surface area contributed by atoms with Crippen molar-refractivity contribution in [3.63, 3.8) is 0 Å². The van der Waals surface area contributed by atoms with Crippen LogP contribution in [0.2, 0.25) is 0 Å². The summed E-state index contributed by atoms with van der Waals surface area (Å²) < 4.78 is 0. The first-order valence-corrected chi connectivity index (χ1v) is 8.02. The largest absolute Gasteiger partial charge is 0.371 e. The molecular weight excluding hydrogens is 318 g/mol. The van der Waals surface area contributed by atoms with Gasteiger partial charge < -0.3 is 4.90 Å². The van der Waals surface area contributed by atoms with Crippen molar-refractivity contribution in [1.82, 2.24) is 14.8 Å². The van der Waals surface area contributed by atoms with Crippen LogP contribution in [0.5, 0.6) is 0 Å². The Morgan fingerprint density at radius 3 is 2.52 bits per heavy atom. The maximum absolute atomic E-state index is 12.4. The summed E-state index contributed by atoms with van der Waals surface area (Å²) in [4.78, 5) is 32.5. The molecule has 7 heteroatoms. The van der Waals surface area contributed by atoms with Crippen LogP contribution in [0.15, 0.2) is 40.7 Å². The Morgan fingerprint density at radius 2 is 1.76 bits per heavy atom. The summed E-state index contributed by atoms with van der Waals surface area (Å²) in [5.74, 6) is 0.203. The molecule has 0 saturated heterocycles. The molecule has 0 aliphatic carbocycles. The first kappa shape index (κ1) is 14.0. The number of nitrogens with zero attached hydrogens (tertiary/aromatic N) is 5. The van der Waals surface area contributed by atoms with E-state index in [0.29, 0.717) is 36.6 Å². The number of benzene rings is 1. The Hall–Kier alpha value is -3.35. The molecule has 5 rings (SSSR count). The molecule has 7 nitrogen and oxygen atoms in total. The summed E-state index contributed by atoms with van der Waals surface area (Å²) in [6.07, 6.45) is 5.55. The standard InChI is InChI=1S/C18H13N5O2/c24-17-12-3-1-2-4-13(12)18(25)23(17)6-5-22-9-11-7-19-16-14(8-20-21-16)15(11)10-22/h1-4,7-8,10H,5-6,9H2. The highest BCUT2D eigenvalue weighted by Gasteiger charge is 2.35. The molecule has 4 heterocycles. The van der Waals surface area contributed by atoms with Crippen molar-refractivity contribution in [1.29, 1.82) is 0 Å². The molecule has 3 aliphatic rings. The predicted octanol–water partition coefficient (Wildman–Crippen LogP) is 0.767. The third kappa shape index (κ3) is 2.02. The highest BCUT2D eigenvalue weighted by Crippen LogP contribution is 2.22. The van der Waals surface area contributed by atoms with Gasteiger partial charge in [0.2, 0.25) is 0 Å². The van der Waals surface area contributed by atoms with Gasteiger partial charge in [-0.3, -0.25) is 14.5 Å². The van der Waals surface area contributed by atoms with Crippen molar-refractivity contribution in [2.75, 3.05) is 13.1 Å². The number of imide groups is 1. The topological polar surface area (TPSA) is 78.2 Å². The zero-order valence-electron chi connectivity index (χ0n) is 13.2. The summed E-state index contributed by atoms with van der Waals surface area (Å²) >= 11 is 0. The quantitative estimate of drug-likeness (QED) is 0.778. The lowest BCUT2D eigenvalue weighted by Gasteiger charge is -2.20. The molecule has 0 fully saturated rings. The van der Waals surface area contributed by atoms with Crippen LogP contribution in [0.3, 0.4) is 0 Å². The van der Waals surface area contributed by atoms with Crippen LogP contribution in [-0.2, 0) is 6.54 Å². The van der Waals surface area contributed by atoms with Crippen molar-refractivity contribution in [3.8, 4) is 0 Å². The van der Waals surface area contributed by atoms with Crippen molar-refractivity contribution >= 4 is 30.0 Å². The van der Waals surface area contributed by atoms with Gasteiger partial charge in [0.1, 0.15) is 0 Å². The fraction of sp³-hybridized carbons (Fsp3) is 0.167. The van der Waals surface area contributed by atoms with E-state index in [4.69, 9.17) is 0 Å². The minimum atomic E-state index is -0.217. The number of carbonyl (C=O) groups is 2. The first-order valence-electron chi connectivity index (χ1n) is 8.02. The molecule has 2 amide bonds. The summed E-state index contributed by atoms with van der Waals surface area (Å²) in [7, 11) is 0. The van der Waals surface area contributed by atoms with E-state index in [2.05, 4.69) is 20.1 Å². The zero-order chi connectivity index (χ0) is 17.0. The highest BCUT2D eigenvalue weighted by molar-refractivity contribution is 6.21. The molecular formula is C18H13N5O2. The minimum absolute atomic E-state index is 0.217. The normalized spacial score (nSPS) is 16.6. The zero-order valence-corrected chi connectivity index (χ0v) is 13.2. The fourth-order valence-corrected chi connectivity index (χ4v) is 3.46.